The van der Waals surface area contributed by atoms with Crippen LogP contribution in [-0.2, 0) is 0 Å². The van der Waals surface area contributed by atoms with Gasteiger partial charge in [0.15, 0.2) is 0 Å². The van der Waals surface area contributed by atoms with Crippen LogP contribution in [0.1, 0.15) is 30.9 Å². The first-order chi connectivity index (χ1) is 9.25. The van der Waals surface area contributed by atoms with Crippen LogP contribution in [0.25, 0.3) is 0 Å². The Bertz CT molecular complexity index is 442. The summed E-state index contributed by atoms with van der Waals surface area (Å²) in [7, 11) is 0. The molecular formula is C15H21BrN2O. The molecule has 1 aromatic carbocycles. The summed E-state index contributed by atoms with van der Waals surface area (Å²) in [5, 5.41) is 13.2. The van der Waals surface area contributed by atoms with E-state index in [-0.39, 0.29) is 0 Å². The molecule has 104 valence electrons. The van der Waals surface area contributed by atoms with Crippen LogP contribution in [0.15, 0.2) is 22.7 Å². The molecule has 1 aliphatic carbocycles. The molecular weight excluding hydrogens is 304 g/mol. The predicted molar refractivity (Wildman–Crippen MR) is 80.3 cm³/mol. The smallest absolute Gasteiger partial charge is 0.115 e. The van der Waals surface area contributed by atoms with Crippen molar-refractivity contribution in [2.75, 3.05) is 26.2 Å². The van der Waals surface area contributed by atoms with Crippen molar-refractivity contribution < 1.29 is 5.11 Å². The number of nitrogens with zero attached hydrogens (tertiary/aromatic N) is 1. The summed E-state index contributed by atoms with van der Waals surface area (Å²) in [6.07, 6.45) is 3.98. The molecule has 1 saturated carbocycles. The molecule has 0 aromatic heterocycles. The molecule has 1 atom stereocenters. The van der Waals surface area contributed by atoms with Gasteiger partial charge in [0, 0.05) is 36.7 Å². The van der Waals surface area contributed by atoms with Gasteiger partial charge >= 0.3 is 0 Å². The van der Waals surface area contributed by atoms with E-state index >= 15 is 0 Å². The summed E-state index contributed by atoms with van der Waals surface area (Å²) in [5.74, 6) is 1.12. The topological polar surface area (TPSA) is 35.5 Å². The first-order valence-corrected chi connectivity index (χ1v) is 7.98. The van der Waals surface area contributed by atoms with E-state index in [1.807, 2.05) is 12.1 Å². The van der Waals surface area contributed by atoms with Crippen molar-refractivity contribution in [3.8, 4) is 5.75 Å². The molecule has 19 heavy (non-hydrogen) atoms. The third kappa shape index (κ3) is 2.81. The number of nitrogens with one attached hydrogen (secondary N) is 1. The normalized spacial score (nSPS) is 23.0. The number of phenols is 1. The predicted octanol–water partition coefficient (Wildman–Crippen LogP) is 2.90. The first-order valence-electron chi connectivity index (χ1n) is 7.19. The highest BCUT2D eigenvalue weighted by Crippen LogP contribution is 2.44. The quantitative estimate of drug-likeness (QED) is 0.897. The maximum atomic E-state index is 9.81. The van der Waals surface area contributed by atoms with E-state index in [0.717, 1.165) is 36.6 Å². The summed E-state index contributed by atoms with van der Waals surface area (Å²) in [6, 6.07) is 6.12. The summed E-state index contributed by atoms with van der Waals surface area (Å²) in [6.45, 7) is 4.34. The molecule has 2 N–H and O–H groups in total. The van der Waals surface area contributed by atoms with E-state index in [1.165, 1.54) is 24.8 Å². The maximum absolute atomic E-state index is 9.81. The minimum atomic E-state index is 0.373. The Hall–Kier alpha value is -0.580. The van der Waals surface area contributed by atoms with E-state index in [2.05, 4.69) is 26.1 Å². The summed E-state index contributed by atoms with van der Waals surface area (Å²) < 4.78 is 1.13. The van der Waals surface area contributed by atoms with Gasteiger partial charge in [-0.05, 0) is 42.5 Å². The Morgan fingerprint density at radius 2 is 2.00 bits per heavy atom. The Balaban J connectivity index is 1.90. The number of aromatic hydroxyl groups is 1. The van der Waals surface area contributed by atoms with Crippen LogP contribution in [-0.4, -0.2) is 36.2 Å². The van der Waals surface area contributed by atoms with E-state index in [9.17, 15) is 5.11 Å². The SMILES string of the molecule is Oc1ccc(Br)c([C@@H](C2CCC2)N2CCNCC2)c1. The van der Waals surface area contributed by atoms with Crippen LogP contribution in [0.2, 0.25) is 0 Å². The fourth-order valence-corrected chi connectivity index (χ4v) is 3.70. The zero-order valence-electron chi connectivity index (χ0n) is 11.1. The summed E-state index contributed by atoms with van der Waals surface area (Å²) >= 11 is 3.67. The molecule has 1 aromatic rings. The van der Waals surface area contributed by atoms with Crippen molar-refractivity contribution in [3.05, 3.63) is 28.2 Å². The van der Waals surface area contributed by atoms with Gasteiger partial charge < -0.3 is 10.4 Å². The van der Waals surface area contributed by atoms with Crippen LogP contribution in [0.5, 0.6) is 5.75 Å². The zero-order chi connectivity index (χ0) is 13.2. The molecule has 0 amide bonds. The third-order valence-corrected chi connectivity index (χ3v) is 5.16. The number of phenolic OH excluding ortho intramolecular Hbond substituents is 1. The second-order valence-electron chi connectivity index (χ2n) is 5.63. The fraction of sp³-hybridized carbons (Fsp3) is 0.600. The highest BCUT2D eigenvalue weighted by Gasteiger charge is 2.34. The Labute approximate surface area is 123 Å². The molecule has 0 bridgehead atoms. The van der Waals surface area contributed by atoms with E-state index < -0.39 is 0 Å². The average Bonchev–Trinajstić information content (AvgIpc) is 2.38. The molecule has 0 spiro atoms. The lowest BCUT2D eigenvalue weighted by Gasteiger charge is -2.43. The number of rotatable bonds is 3. The highest BCUT2D eigenvalue weighted by atomic mass is 79.9. The first kappa shape index (κ1) is 13.4. The Kier molecular flexibility index (Phi) is 4.10. The maximum Gasteiger partial charge on any atom is 0.115 e. The average molecular weight is 325 g/mol. The molecule has 1 aliphatic heterocycles. The second-order valence-corrected chi connectivity index (χ2v) is 6.48. The number of benzene rings is 1. The van der Waals surface area contributed by atoms with Crippen molar-refractivity contribution in [2.24, 2.45) is 5.92 Å². The van der Waals surface area contributed by atoms with Gasteiger partial charge in [-0.3, -0.25) is 4.90 Å². The molecule has 4 heteroatoms. The number of hydrogen-bond donors (Lipinski definition) is 2. The van der Waals surface area contributed by atoms with Crippen molar-refractivity contribution >= 4 is 15.9 Å². The van der Waals surface area contributed by atoms with Crippen molar-refractivity contribution in [1.29, 1.82) is 0 Å². The Morgan fingerprint density at radius 1 is 1.26 bits per heavy atom. The van der Waals surface area contributed by atoms with Gasteiger partial charge in [0.25, 0.3) is 0 Å². The molecule has 1 heterocycles. The van der Waals surface area contributed by atoms with Crippen LogP contribution >= 0.6 is 15.9 Å². The van der Waals surface area contributed by atoms with E-state index in [4.69, 9.17) is 0 Å². The summed E-state index contributed by atoms with van der Waals surface area (Å²) in [4.78, 5) is 2.58. The van der Waals surface area contributed by atoms with Gasteiger partial charge in [0.05, 0.1) is 0 Å². The third-order valence-electron chi connectivity index (χ3n) is 4.44. The van der Waals surface area contributed by atoms with Gasteiger partial charge in [0.2, 0.25) is 0 Å². The van der Waals surface area contributed by atoms with Crippen LogP contribution in [0.4, 0.5) is 0 Å². The van der Waals surface area contributed by atoms with Crippen molar-refractivity contribution in [1.82, 2.24) is 10.2 Å². The van der Waals surface area contributed by atoms with Crippen molar-refractivity contribution in [3.63, 3.8) is 0 Å². The van der Waals surface area contributed by atoms with Crippen LogP contribution in [0, 0.1) is 5.92 Å². The molecule has 1 saturated heterocycles. The molecule has 0 radical (unpaired) electrons. The number of hydrogen-bond acceptors (Lipinski definition) is 3. The standard InChI is InChI=1S/C15H21BrN2O/c16-14-5-4-12(19)10-13(14)15(11-2-1-3-11)18-8-6-17-7-9-18/h4-5,10-11,15,17,19H,1-3,6-9H2/t15-/m1/s1. The van der Waals surface area contributed by atoms with Crippen LogP contribution in [0.3, 0.4) is 0 Å². The van der Waals surface area contributed by atoms with Gasteiger partial charge in [-0.1, -0.05) is 22.4 Å². The van der Waals surface area contributed by atoms with E-state index in [1.54, 1.807) is 6.07 Å². The van der Waals surface area contributed by atoms with E-state index in [0.29, 0.717) is 11.8 Å². The zero-order valence-corrected chi connectivity index (χ0v) is 12.7. The van der Waals surface area contributed by atoms with Gasteiger partial charge in [-0.15, -0.1) is 0 Å². The minimum absolute atomic E-state index is 0.373. The van der Waals surface area contributed by atoms with Gasteiger partial charge in [0.1, 0.15) is 5.75 Å². The number of halogens is 1. The molecule has 3 nitrogen and oxygen atoms in total. The van der Waals surface area contributed by atoms with Crippen LogP contribution < -0.4 is 5.32 Å². The fourth-order valence-electron chi connectivity index (χ4n) is 3.22. The van der Waals surface area contributed by atoms with Crippen molar-refractivity contribution in [2.45, 2.75) is 25.3 Å². The second kappa shape index (κ2) is 5.81. The highest BCUT2D eigenvalue weighted by molar-refractivity contribution is 9.10. The van der Waals surface area contributed by atoms with Gasteiger partial charge in [-0.25, -0.2) is 0 Å². The summed E-state index contributed by atoms with van der Waals surface area (Å²) in [5.41, 5.74) is 1.26. The largest absolute Gasteiger partial charge is 0.508 e. The lowest BCUT2D eigenvalue weighted by Crippen LogP contribution is -2.47. The lowest BCUT2D eigenvalue weighted by molar-refractivity contribution is 0.0831. The molecule has 2 aliphatic rings. The molecule has 3 rings (SSSR count). The molecule has 0 unspecified atom stereocenters. The number of piperazine rings is 1. The molecule has 2 fully saturated rings. The van der Waals surface area contributed by atoms with Gasteiger partial charge in [-0.2, -0.15) is 0 Å². The minimum Gasteiger partial charge on any atom is -0.508 e. The lowest BCUT2D eigenvalue weighted by atomic mass is 9.76. The Morgan fingerprint density at radius 3 is 2.63 bits per heavy atom. The monoisotopic (exact) mass is 324 g/mol.